The smallest absolute Gasteiger partial charge is 0.226 e. The molecule has 1 aromatic heterocycles. The molecule has 6 nitrogen and oxygen atoms in total. The van der Waals surface area contributed by atoms with E-state index in [2.05, 4.69) is 15.1 Å². The van der Waals surface area contributed by atoms with E-state index < -0.39 is 0 Å². The van der Waals surface area contributed by atoms with E-state index in [0.29, 0.717) is 25.0 Å². The van der Waals surface area contributed by atoms with Crippen LogP contribution >= 0.6 is 0 Å². The highest BCUT2D eigenvalue weighted by molar-refractivity contribution is 5.80. The van der Waals surface area contributed by atoms with Gasteiger partial charge in [0.2, 0.25) is 5.91 Å². The largest absolute Gasteiger partial charge is 0.381 e. The molecule has 0 unspecified atom stereocenters. The van der Waals surface area contributed by atoms with Crippen molar-refractivity contribution in [1.82, 2.24) is 20.0 Å². The highest BCUT2D eigenvalue weighted by Crippen LogP contribution is 2.46. The van der Waals surface area contributed by atoms with Crippen molar-refractivity contribution in [2.24, 2.45) is 17.8 Å². The second kappa shape index (κ2) is 7.88. The van der Waals surface area contributed by atoms with Gasteiger partial charge in [0.05, 0.1) is 6.04 Å². The molecule has 1 aromatic carbocycles. The van der Waals surface area contributed by atoms with Gasteiger partial charge in [0.1, 0.15) is 5.82 Å². The van der Waals surface area contributed by atoms with Crippen LogP contribution in [0, 0.1) is 23.6 Å². The Balaban J connectivity index is 1.39. The number of carbonyl (C=O) groups is 1. The van der Waals surface area contributed by atoms with Gasteiger partial charge in [-0.15, -0.1) is 0 Å². The average molecular weight is 398 g/mol. The summed E-state index contributed by atoms with van der Waals surface area (Å²) >= 11 is 0. The number of hydrogen-bond acceptors (Lipinski definition) is 4. The second-order valence-electron chi connectivity index (χ2n) is 8.58. The number of halogens is 1. The summed E-state index contributed by atoms with van der Waals surface area (Å²) in [5.41, 5.74) is 2.02. The number of fused-ring (bicyclic) bond motifs is 1. The number of amides is 1. The summed E-state index contributed by atoms with van der Waals surface area (Å²) in [7, 11) is 0. The third-order valence-corrected chi connectivity index (χ3v) is 6.74. The predicted octanol–water partition coefficient (Wildman–Crippen LogP) is 2.61. The lowest BCUT2D eigenvalue weighted by Gasteiger charge is -2.33. The summed E-state index contributed by atoms with van der Waals surface area (Å²) < 4.78 is 19.5. The Morgan fingerprint density at radius 2 is 2.07 bits per heavy atom. The molecule has 3 saturated heterocycles. The van der Waals surface area contributed by atoms with Gasteiger partial charge in [-0.3, -0.25) is 14.8 Å². The maximum absolute atomic E-state index is 14.0. The van der Waals surface area contributed by atoms with E-state index in [4.69, 9.17) is 4.74 Å². The lowest BCUT2D eigenvalue weighted by Crippen LogP contribution is -2.40. The molecule has 0 spiro atoms. The van der Waals surface area contributed by atoms with Gasteiger partial charge in [-0.05, 0) is 42.5 Å². The number of aromatic amines is 1. The molecule has 7 heteroatoms. The first-order valence-corrected chi connectivity index (χ1v) is 10.5. The van der Waals surface area contributed by atoms with Crippen LogP contribution in [-0.2, 0) is 16.1 Å². The number of carbonyl (C=O) groups excluding carboxylic acids is 1. The fraction of sp³-hybridized carbons (Fsp3) is 0.545. The van der Waals surface area contributed by atoms with Crippen molar-refractivity contribution < 1.29 is 13.9 Å². The van der Waals surface area contributed by atoms with Crippen LogP contribution in [0.5, 0.6) is 0 Å². The van der Waals surface area contributed by atoms with Gasteiger partial charge in [-0.25, -0.2) is 4.39 Å². The van der Waals surface area contributed by atoms with Crippen LogP contribution in [0.25, 0.3) is 0 Å². The van der Waals surface area contributed by atoms with Crippen LogP contribution in [0.2, 0.25) is 0 Å². The first-order valence-electron chi connectivity index (χ1n) is 10.5. The number of nitrogens with one attached hydrogen (secondary N) is 1. The highest BCUT2D eigenvalue weighted by Gasteiger charge is 2.50. The Morgan fingerprint density at radius 3 is 2.83 bits per heavy atom. The van der Waals surface area contributed by atoms with Crippen LogP contribution in [0.4, 0.5) is 4.39 Å². The molecule has 5 rings (SSSR count). The zero-order valence-electron chi connectivity index (χ0n) is 16.5. The van der Waals surface area contributed by atoms with Crippen molar-refractivity contribution >= 4 is 5.91 Å². The number of rotatable bonds is 4. The number of aromatic nitrogens is 2. The fourth-order valence-electron chi connectivity index (χ4n) is 5.40. The Kier molecular flexibility index (Phi) is 5.09. The normalized spacial score (nSPS) is 28.0. The number of nitrogens with zero attached hydrogens (tertiary/aromatic N) is 3. The number of likely N-dealkylation sites (tertiary alicyclic amines) is 2. The van der Waals surface area contributed by atoms with Crippen molar-refractivity contribution in [1.29, 1.82) is 0 Å². The molecular formula is C22H27FN4O2. The van der Waals surface area contributed by atoms with E-state index in [0.717, 1.165) is 50.3 Å². The SMILES string of the molecule is O=C(C1CCOCC1)N1C[C@@H]2CN(Cc3ccn[nH]3)C[C@@H]2[C@H]1c1cccc(F)c1. The summed E-state index contributed by atoms with van der Waals surface area (Å²) in [4.78, 5) is 17.9. The molecule has 4 heterocycles. The van der Waals surface area contributed by atoms with Gasteiger partial charge in [-0.2, -0.15) is 5.10 Å². The first kappa shape index (κ1) is 18.8. The predicted molar refractivity (Wildman–Crippen MR) is 105 cm³/mol. The summed E-state index contributed by atoms with van der Waals surface area (Å²) in [6.45, 7) is 4.74. The highest BCUT2D eigenvalue weighted by atomic mass is 19.1. The number of ether oxygens (including phenoxy) is 1. The van der Waals surface area contributed by atoms with E-state index >= 15 is 0 Å². The minimum absolute atomic E-state index is 0.0275. The molecule has 2 aromatic rings. The monoisotopic (exact) mass is 398 g/mol. The fourth-order valence-corrected chi connectivity index (χ4v) is 5.40. The van der Waals surface area contributed by atoms with E-state index in [9.17, 15) is 9.18 Å². The lowest BCUT2D eigenvalue weighted by molar-refractivity contribution is -0.140. The van der Waals surface area contributed by atoms with Crippen LogP contribution in [0.1, 0.15) is 30.1 Å². The number of hydrogen-bond donors (Lipinski definition) is 1. The molecule has 3 fully saturated rings. The molecule has 0 aliphatic carbocycles. The average Bonchev–Trinajstić information content (AvgIpc) is 3.45. The van der Waals surface area contributed by atoms with Crippen LogP contribution in [0.15, 0.2) is 36.5 Å². The third-order valence-electron chi connectivity index (χ3n) is 6.74. The minimum Gasteiger partial charge on any atom is -0.381 e. The van der Waals surface area contributed by atoms with Gasteiger partial charge in [0.25, 0.3) is 0 Å². The Hall–Kier alpha value is -2.25. The third kappa shape index (κ3) is 3.69. The summed E-state index contributed by atoms with van der Waals surface area (Å²) in [6, 6.07) is 8.75. The number of H-pyrrole nitrogens is 1. The zero-order valence-corrected chi connectivity index (χ0v) is 16.5. The van der Waals surface area contributed by atoms with Gasteiger partial charge in [0.15, 0.2) is 0 Å². The lowest BCUT2D eigenvalue weighted by atomic mass is 9.89. The van der Waals surface area contributed by atoms with Crippen LogP contribution in [0.3, 0.4) is 0 Å². The van der Waals surface area contributed by atoms with Crippen LogP contribution < -0.4 is 0 Å². The van der Waals surface area contributed by atoms with E-state index in [1.54, 1.807) is 18.3 Å². The zero-order chi connectivity index (χ0) is 19.8. The summed E-state index contributed by atoms with van der Waals surface area (Å²) in [6.07, 6.45) is 3.34. The second-order valence-corrected chi connectivity index (χ2v) is 8.58. The van der Waals surface area contributed by atoms with Crippen molar-refractivity contribution in [3.8, 4) is 0 Å². The van der Waals surface area contributed by atoms with E-state index in [1.807, 2.05) is 17.0 Å². The molecule has 1 N–H and O–H groups in total. The first-order chi connectivity index (χ1) is 14.2. The Morgan fingerprint density at radius 1 is 1.21 bits per heavy atom. The molecular weight excluding hydrogens is 371 g/mol. The van der Waals surface area contributed by atoms with E-state index in [-0.39, 0.29) is 23.7 Å². The molecule has 3 aliphatic rings. The maximum atomic E-state index is 14.0. The molecule has 0 bridgehead atoms. The molecule has 3 atom stereocenters. The Labute approximate surface area is 170 Å². The topological polar surface area (TPSA) is 61.5 Å². The van der Waals surface area contributed by atoms with Gasteiger partial charge < -0.3 is 9.64 Å². The van der Waals surface area contributed by atoms with Gasteiger partial charge in [-0.1, -0.05) is 12.1 Å². The standard InChI is InChI=1S/C22H27FN4O2/c23-18-3-1-2-16(10-18)21-20-14-26(13-19-4-7-24-25-19)11-17(20)12-27(21)22(28)15-5-8-29-9-6-15/h1-4,7,10,15,17,20-21H,5-6,8-9,11-14H2,(H,24,25)/t17-,20-,21+/m0/s1. The van der Waals surface area contributed by atoms with E-state index in [1.165, 1.54) is 6.07 Å². The van der Waals surface area contributed by atoms with Crippen molar-refractivity contribution in [3.05, 3.63) is 53.6 Å². The quantitative estimate of drug-likeness (QED) is 0.860. The molecule has 154 valence electrons. The minimum atomic E-state index is -0.239. The molecule has 1 amide bonds. The Bertz CT molecular complexity index is 852. The molecule has 0 radical (unpaired) electrons. The van der Waals surface area contributed by atoms with Gasteiger partial charge in [0, 0.05) is 63.1 Å². The van der Waals surface area contributed by atoms with Crippen molar-refractivity contribution in [2.45, 2.75) is 25.4 Å². The molecule has 29 heavy (non-hydrogen) atoms. The number of benzene rings is 1. The summed E-state index contributed by atoms with van der Waals surface area (Å²) in [5, 5.41) is 7.07. The van der Waals surface area contributed by atoms with Crippen LogP contribution in [-0.4, -0.2) is 58.8 Å². The summed E-state index contributed by atoms with van der Waals surface area (Å²) in [5.74, 6) is 0.743. The maximum Gasteiger partial charge on any atom is 0.226 e. The molecule has 0 saturated carbocycles. The van der Waals surface area contributed by atoms with Crippen molar-refractivity contribution in [3.63, 3.8) is 0 Å². The van der Waals surface area contributed by atoms with Gasteiger partial charge >= 0.3 is 0 Å². The van der Waals surface area contributed by atoms with Crippen molar-refractivity contribution in [2.75, 3.05) is 32.8 Å². The molecule has 3 aliphatic heterocycles.